The lowest BCUT2D eigenvalue weighted by Gasteiger charge is -2.19. The van der Waals surface area contributed by atoms with E-state index in [4.69, 9.17) is 15.5 Å². The molecule has 35 heavy (non-hydrogen) atoms. The molecule has 4 aromatic rings. The average molecular weight is 464 g/mol. The summed E-state index contributed by atoms with van der Waals surface area (Å²) in [5.41, 5.74) is 14.6. The van der Waals surface area contributed by atoms with Crippen molar-refractivity contribution in [1.82, 2.24) is 0 Å². The van der Waals surface area contributed by atoms with Gasteiger partial charge in [0, 0.05) is 11.1 Å². The predicted octanol–water partition coefficient (Wildman–Crippen LogP) is 7.01. The minimum Gasteiger partial charge on any atom is -0.372 e. The quantitative estimate of drug-likeness (QED) is 0.239. The Kier molecular flexibility index (Phi) is 6.31. The van der Waals surface area contributed by atoms with Crippen molar-refractivity contribution in [3.05, 3.63) is 107 Å². The molecule has 4 nitrogen and oxygen atoms in total. The lowest BCUT2D eigenvalue weighted by molar-refractivity contribution is 0.107. The van der Waals surface area contributed by atoms with Crippen LogP contribution in [0, 0.1) is 0 Å². The van der Waals surface area contributed by atoms with E-state index in [1.807, 2.05) is 12.1 Å². The van der Waals surface area contributed by atoms with Crippen molar-refractivity contribution in [2.24, 2.45) is 10.7 Å². The van der Waals surface area contributed by atoms with Gasteiger partial charge < -0.3 is 15.8 Å². The van der Waals surface area contributed by atoms with E-state index in [9.17, 15) is 0 Å². The third-order valence-electron chi connectivity index (χ3n) is 6.65. The summed E-state index contributed by atoms with van der Waals surface area (Å²) in [5, 5.41) is 5.75. The summed E-state index contributed by atoms with van der Waals surface area (Å²) >= 11 is 0. The lowest BCUT2D eigenvalue weighted by Crippen LogP contribution is -2.22. The molecule has 0 atom stereocenters. The van der Waals surface area contributed by atoms with Gasteiger partial charge in [0.05, 0.1) is 18.9 Å². The Hall–Kier alpha value is -3.63. The Balaban J connectivity index is 1.23. The molecule has 0 spiro atoms. The molecule has 0 bridgehead atoms. The van der Waals surface area contributed by atoms with Gasteiger partial charge in [0.25, 0.3) is 0 Å². The first kappa shape index (κ1) is 23.1. The standard InChI is InChI=1S/C31H33N3O/c1-31(2,3)25-15-10-21(11-16-25)19-35-20-22-6-4-8-26(18-22)33-30(32)34-28-17-14-24-13-12-23-7-5-9-27(28)29(23)24/h4-11,14-18H,12-13,19-20H2,1-3H3,(H3,32,33,34). The van der Waals surface area contributed by atoms with Crippen LogP contribution in [0.2, 0.25) is 0 Å². The van der Waals surface area contributed by atoms with Crippen molar-refractivity contribution in [2.45, 2.75) is 52.2 Å². The number of hydrogen-bond acceptors (Lipinski definition) is 2. The van der Waals surface area contributed by atoms with E-state index in [1.165, 1.54) is 33.0 Å². The van der Waals surface area contributed by atoms with Crippen molar-refractivity contribution in [3.63, 3.8) is 0 Å². The van der Waals surface area contributed by atoms with E-state index in [2.05, 4.69) is 92.8 Å². The minimum absolute atomic E-state index is 0.159. The Morgan fingerprint density at radius 1 is 0.857 bits per heavy atom. The van der Waals surface area contributed by atoms with Crippen LogP contribution >= 0.6 is 0 Å². The molecule has 178 valence electrons. The molecule has 0 aliphatic heterocycles. The highest BCUT2D eigenvalue weighted by atomic mass is 16.5. The Labute approximate surface area is 207 Å². The molecule has 0 amide bonds. The van der Waals surface area contributed by atoms with Gasteiger partial charge in [-0.2, -0.15) is 0 Å². The average Bonchev–Trinajstić information content (AvgIpc) is 3.25. The van der Waals surface area contributed by atoms with Gasteiger partial charge in [-0.3, -0.25) is 0 Å². The zero-order chi connectivity index (χ0) is 24.4. The van der Waals surface area contributed by atoms with E-state index >= 15 is 0 Å². The van der Waals surface area contributed by atoms with Crippen molar-refractivity contribution in [2.75, 3.05) is 5.32 Å². The summed E-state index contributed by atoms with van der Waals surface area (Å²) in [6, 6.07) is 27.5. The van der Waals surface area contributed by atoms with Crippen LogP contribution in [0.25, 0.3) is 10.8 Å². The van der Waals surface area contributed by atoms with E-state index in [-0.39, 0.29) is 5.41 Å². The van der Waals surface area contributed by atoms with Crippen LogP contribution in [0.3, 0.4) is 0 Å². The largest absolute Gasteiger partial charge is 0.372 e. The van der Waals surface area contributed by atoms with Gasteiger partial charge in [0.15, 0.2) is 5.96 Å². The first-order chi connectivity index (χ1) is 16.9. The number of anilines is 1. The topological polar surface area (TPSA) is 59.6 Å². The summed E-state index contributed by atoms with van der Waals surface area (Å²) in [6.45, 7) is 7.79. The number of ether oxygens (including phenoxy) is 1. The highest BCUT2D eigenvalue weighted by molar-refractivity contribution is 6.02. The number of nitrogens with zero attached hydrogens (tertiary/aromatic N) is 1. The van der Waals surface area contributed by atoms with Gasteiger partial charge in [0.1, 0.15) is 0 Å². The minimum atomic E-state index is 0.159. The number of benzene rings is 4. The second-order valence-corrected chi connectivity index (χ2v) is 10.3. The maximum Gasteiger partial charge on any atom is 0.198 e. The van der Waals surface area contributed by atoms with Crippen LogP contribution in [-0.4, -0.2) is 5.96 Å². The number of rotatable bonds is 6. The Bertz CT molecular complexity index is 1370. The van der Waals surface area contributed by atoms with Crippen molar-refractivity contribution < 1.29 is 4.74 Å². The summed E-state index contributed by atoms with van der Waals surface area (Å²) in [5.74, 6) is 0.376. The van der Waals surface area contributed by atoms with E-state index in [1.54, 1.807) is 0 Å². The lowest BCUT2D eigenvalue weighted by atomic mass is 9.87. The zero-order valence-corrected chi connectivity index (χ0v) is 20.8. The summed E-state index contributed by atoms with van der Waals surface area (Å²) < 4.78 is 5.97. The number of aliphatic imine (C=N–C) groups is 1. The number of hydrogen-bond donors (Lipinski definition) is 2. The monoisotopic (exact) mass is 463 g/mol. The molecular weight excluding hydrogens is 430 g/mol. The van der Waals surface area contributed by atoms with Crippen LogP contribution in [0.1, 0.15) is 48.6 Å². The molecule has 0 heterocycles. The molecule has 0 unspecified atom stereocenters. The van der Waals surface area contributed by atoms with E-state index < -0.39 is 0 Å². The molecule has 0 saturated heterocycles. The SMILES string of the molecule is CC(C)(C)c1ccc(COCc2cccc(NC(N)=Nc3ccc4c5c(cccc35)CC4)c2)cc1. The molecule has 1 aliphatic rings. The second kappa shape index (κ2) is 9.55. The number of aryl methyl sites for hydroxylation is 2. The zero-order valence-electron chi connectivity index (χ0n) is 20.8. The first-order valence-corrected chi connectivity index (χ1v) is 12.3. The number of nitrogens with two attached hydrogens (primary N) is 1. The maximum atomic E-state index is 6.30. The smallest absolute Gasteiger partial charge is 0.198 e. The number of nitrogens with one attached hydrogen (secondary N) is 1. The van der Waals surface area contributed by atoms with Crippen LogP contribution in [0.5, 0.6) is 0 Å². The van der Waals surface area contributed by atoms with Gasteiger partial charge in [0.2, 0.25) is 0 Å². The molecule has 1 aliphatic carbocycles. The van der Waals surface area contributed by atoms with Crippen LogP contribution in [0.4, 0.5) is 11.4 Å². The third kappa shape index (κ3) is 5.23. The first-order valence-electron chi connectivity index (χ1n) is 12.3. The normalized spacial score (nSPS) is 13.4. The van der Waals surface area contributed by atoms with Gasteiger partial charge in [-0.1, -0.05) is 81.4 Å². The van der Waals surface area contributed by atoms with Crippen LogP contribution < -0.4 is 11.1 Å². The van der Waals surface area contributed by atoms with Gasteiger partial charge >= 0.3 is 0 Å². The van der Waals surface area contributed by atoms with Gasteiger partial charge in [-0.05, 0) is 69.7 Å². The fraction of sp³-hybridized carbons (Fsp3) is 0.258. The highest BCUT2D eigenvalue weighted by Gasteiger charge is 2.16. The van der Waals surface area contributed by atoms with E-state index in [0.717, 1.165) is 29.8 Å². The summed E-state index contributed by atoms with van der Waals surface area (Å²) in [4.78, 5) is 4.70. The Morgan fingerprint density at radius 2 is 1.57 bits per heavy atom. The number of guanidine groups is 1. The molecular formula is C31H33N3O. The highest BCUT2D eigenvalue weighted by Crippen LogP contribution is 2.36. The van der Waals surface area contributed by atoms with Crippen LogP contribution in [0.15, 0.2) is 83.9 Å². The summed E-state index contributed by atoms with van der Waals surface area (Å²) in [6.07, 6.45) is 2.20. The van der Waals surface area contributed by atoms with Crippen molar-refractivity contribution in [1.29, 1.82) is 0 Å². The molecule has 0 saturated carbocycles. The fourth-order valence-electron chi connectivity index (χ4n) is 4.76. The van der Waals surface area contributed by atoms with Crippen LogP contribution in [-0.2, 0) is 36.2 Å². The predicted molar refractivity (Wildman–Crippen MR) is 146 cm³/mol. The molecule has 0 aromatic heterocycles. The second-order valence-electron chi connectivity index (χ2n) is 10.3. The summed E-state index contributed by atoms with van der Waals surface area (Å²) in [7, 11) is 0. The molecule has 3 N–H and O–H groups in total. The van der Waals surface area contributed by atoms with Gasteiger partial charge in [-0.15, -0.1) is 0 Å². The van der Waals surface area contributed by atoms with Crippen molar-refractivity contribution in [3.8, 4) is 0 Å². The van der Waals surface area contributed by atoms with Crippen molar-refractivity contribution >= 4 is 28.1 Å². The Morgan fingerprint density at radius 3 is 2.34 bits per heavy atom. The molecule has 4 heteroatoms. The molecule has 5 rings (SSSR count). The third-order valence-corrected chi connectivity index (χ3v) is 6.65. The molecule has 0 fully saturated rings. The maximum absolute atomic E-state index is 6.30. The van der Waals surface area contributed by atoms with Gasteiger partial charge in [-0.25, -0.2) is 4.99 Å². The molecule has 4 aromatic carbocycles. The van der Waals surface area contributed by atoms with E-state index in [0.29, 0.717) is 19.2 Å². The molecule has 0 radical (unpaired) electrons. The fourth-order valence-corrected chi connectivity index (χ4v) is 4.76.